The molecule has 0 aromatic heterocycles. The van der Waals surface area contributed by atoms with Crippen molar-refractivity contribution in [3.63, 3.8) is 0 Å². The third-order valence-corrected chi connectivity index (χ3v) is 5.68. The Morgan fingerprint density at radius 3 is 2.39 bits per heavy atom. The standard InChI is InChI=1S/C23H27N3O4S/c1-4-14-30-19-12-8-17(9-13-19)26-21(27)15-20(22(26)28)31-23(24-5-2)25-16-6-10-18(29-3)11-7-16/h6-13,20H,4-5,14-15H2,1-3H3,(H,24,25). The van der Waals surface area contributed by atoms with E-state index in [0.29, 0.717) is 24.0 Å². The van der Waals surface area contributed by atoms with Crippen molar-refractivity contribution in [2.45, 2.75) is 31.9 Å². The third kappa shape index (κ3) is 5.79. The number of hydrogen-bond donors (Lipinski definition) is 1. The zero-order valence-corrected chi connectivity index (χ0v) is 18.8. The van der Waals surface area contributed by atoms with Gasteiger partial charge in [0.2, 0.25) is 11.8 Å². The van der Waals surface area contributed by atoms with Gasteiger partial charge in [-0.05, 0) is 61.9 Å². The number of nitrogens with zero attached hydrogens (tertiary/aromatic N) is 2. The van der Waals surface area contributed by atoms with Crippen LogP contribution in [0.5, 0.6) is 11.5 Å². The molecule has 31 heavy (non-hydrogen) atoms. The fraction of sp³-hybridized carbons (Fsp3) is 0.348. The van der Waals surface area contributed by atoms with Gasteiger partial charge in [0.05, 0.1) is 19.4 Å². The fourth-order valence-corrected chi connectivity index (χ4v) is 4.14. The molecule has 1 aliphatic rings. The van der Waals surface area contributed by atoms with Gasteiger partial charge in [-0.25, -0.2) is 4.90 Å². The maximum Gasteiger partial charge on any atom is 0.247 e. The van der Waals surface area contributed by atoms with E-state index in [-0.39, 0.29) is 18.2 Å². The molecule has 1 unspecified atom stereocenters. The summed E-state index contributed by atoms with van der Waals surface area (Å²) in [5.41, 5.74) is 1.39. The summed E-state index contributed by atoms with van der Waals surface area (Å²) >= 11 is 1.28. The quantitative estimate of drug-likeness (QED) is 0.373. The average Bonchev–Trinajstić information content (AvgIpc) is 3.06. The largest absolute Gasteiger partial charge is 0.497 e. The molecule has 1 heterocycles. The van der Waals surface area contributed by atoms with Gasteiger partial charge < -0.3 is 14.8 Å². The van der Waals surface area contributed by atoms with E-state index in [2.05, 4.69) is 10.3 Å². The molecule has 1 fully saturated rings. The second-order valence-corrected chi connectivity index (χ2v) is 8.04. The summed E-state index contributed by atoms with van der Waals surface area (Å²) in [6, 6.07) is 14.5. The van der Waals surface area contributed by atoms with Crippen LogP contribution in [0.2, 0.25) is 0 Å². The van der Waals surface area contributed by atoms with E-state index in [0.717, 1.165) is 23.6 Å². The predicted molar refractivity (Wildman–Crippen MR) is 125 cm³/mol. The lowest BCUT2D eigenvalue weighted by Crippen LogP contribution is -2.31. The lowest BCUT2D eigenvalue weighted by atomic mass is 10.3. The number of aliphatic imine (C=N–C) groups is 1. The Kier molecular flexibility index (Phi) is 7.94. The number of nitrogens with one attached hydrogen (secondary N) is 1. The first-order chi connectivity index (χ1) is 15.0. The molecule has 8 heteroatoms. The van der Waals surface area contributed by atoms with Gasteiger partial charge in [0.25, 0.3) is 0 Å². The first-order valence-corrected chi connectivity index (χ1v) is 11.2. The number of ether oxygens (including phenoxy) is 2. The molecule has 1 saturated heterocycles. The van der Waals surface area contributed by atoms with E-state index in [9.17, 15) is 9.59 Å². The Balaban J connectivity index is 1.68. The van der Waals surface area contributed by atoms with E-state index in [1.807, 2.05) is 38.1 Å². The van der Waals surface area contributed by atoms with Gasteiger partial charge in [0.15, 0.2) is 5.17 Å². The van der Waals surface area contributed by atoms with Crippen molar-refractivity contribution < 1.29 is 19.1 Å². The van der Waals surface area contributed by atoms with E-state index in [1.165, 1.54) is 16.7 Å². The lowest BCUT2D eigenvalue weighted by molar-refractivity contribution is -0.121. The maximum absolute atomic E-state index is 13.0. The Labute approximate surface area is 186 Å². The van der Waals surface area contributed by atoms with Crippen molar-refractivity contribution in [2.75, 3.05) is 30.5 Å². The molecule has 7 nitrogen and oxygen atoms in total. The molecule has 0 aliphatic carbocycles. The molecule has 1 N–H and O–H groups in total. The first-order valence-electron chi connectivity index (χ1n) is 10.3. The number of amidine groups is 1. The minimum Gasteiger partial charge on any atom is -0.497 e. The van der Waals surface area contributed by atoms with Gasteiger partial charge in [-0.15, -0.1) is 0 Å². The van der Waals surface area contributed by atoms with Gasteiger partial charge >= 0.3 is 0 Å². The van der Waals surface area contributed by atoms with Crippen LogP contribution in [0.15, 0.2) is 53.5 Å². The zero-order chi connectivity index (χ0) is 22.2. The number of carbonyl (C=O) groups is 2. The smallest absolute Gasteiger partial charge is 0.247 e. The Hall–Kier alpha value is -3.00. The van der Waals surface area contributed by atoms with Crippen LogP contribution in [0.25, 0.3) is 0 Å². The van der Waals surface area contributed by atoms with Gasteiger partial charge in [-0.2, -0.15) is 0 Å². The van der Waals surface area contributed by atoms with E-state index < -0.39 is 5.25 Å². The molecule has 3 rings (SSSR count). The van der Waals surface area contributed by atoms with Gasteiger partial charge in [0, 0.05) is 18.7 Å². The highest BCUT2D eigenvalue weighted by Gasteiger charge is 2.40. The summed E-state index contributed by atoms with van der Waals surface area (Å²) in [6.07, 6.45) is 1.04. The summed E-state index contributed by atoms with van der Waals surface area (Å²) in [4.78, 5) is 31.3. The van der Waals surface area contributed by atoms with Crippen LogP contribution in [0.3, 0.4) is 0 Å². The van der Waals surface area contributed by atoms with E-state index in [4.69, 9.17) is 9.47 Å². The highest BCUT2D eigenvalue weighted by Crippen LogP contribution is 2.32. The third-order valence-electron chi connectivity index (χ3n) is 4.57. The fourth-order valence-electron chi connectivity index (χ4n) is 3.06. The Morgan fingerprint density at radius 2 is 1.77 bits per heavy atom. The molecule has 164 valence electrons. The van der Waals surface area contributed by atoms with Crippen LogP contribution in [0, 0.1) is 0 Å². The van der Waals surface area contributed by atoms with Crippen LogP contribution in [0.4, 0.5) is 11.4 Å². The zero-order valence-electron chi connectivity index (χ0n) is 18.0. The van der Waals surface area contributed by atoms with Crippen molar-refractivity contribution in [2.24, 2.45) is 4.99 Å². The molecule has 2 amide bonds. The number of anilines is 2. The van der Waals surface area contributed by atoms with Crippen LogP contribution < -0.4 is 19.7 Å². The second-order valence-electron chi connectivity index (χ2n) is 6.85. The summed E-state index contributed by atoms with van der Waals surface area (Å²) in [5, 5.41) is 3.31. The SMILES string of the molecule is CCCOc1ccc(N2C(=O)CC(SC(=NCC)Nc3ccc(OC)cc3)C2=O)cc1. The first kappa shape index (κ1) is 22.7. The number of thioether (sulfide) groups is 1. The molecule has 0 spiro atoms. The molecule has 2 aromatic rings. The number of hydrogen-bond acceptors (Lipinski definition) is 6. The molecule has 0 bridgehead atoms. The minimum atomic E-state index is -0.528. The van der Waals surface area contributed by atoms with Gasteiger partial charge in [-0.3, -0.25) is 14.6 Å². The van der Waals surface area contributed by atoms with E-state index >= 15 is 0 Å². The van der Waals surface area contributed by atoms with Gasteiger partial charge in [-0.1, -0.05) is 18.7 Å². The second kappa shape index (κ2) is 10.9. The van der Waals surface area contributed by atoms with Crippen molar-refractivity contribution in [1.29, 1.82) is 0 Å². The average molecular weight is 442 g/mol. The predicted octanol–water partition coefficient (Wildman–Crippen LogP) is 4.34. The summed E-state index contributed by atoms with van der Waals surface area (Å²) in [7, 11) is 1.61. The lowest BCUT2D eigenvalue weighted by Gasteiger charge is -2.16. The molecule has 1 aliphatic heterocycles. The summed E-state index contributed by atoms with van der Waals surface area (Å²) in [6.45, 7) is 5.14. The van der Waals surface area contributed by atoms with Crippen molar-refractivity contribution in [3.05, 3.63) is 48.5 Å². The minimum absolute atomic E-state index is 0.130. The highest BCUT2D eigenvalue weighted by molar-refractivity contribution is 8.15. The van der Waals surface area contributed by atoms with Crippen LogP contribution in [-0.2, 0) is 9.59 Å². The molecule has 2 aromatic carbocycles. The molecule has 0 saturated carbocycles. The van der Waals surface area contributed by atoms with Crippen LogP contribution >= 0.6 is 11.8 Å². The van der Waals surface area contributed by atoms with Crippen molar-refractivity contribution in [1.82, 2.24) is 0 Å². The number of benzene rings is 2. The number of rotatable bonds is 8. The number of carbonyl (C=O) groups excluding carboxylic acids is 2. The maximum atomic E-state index is 13.0. The Bertz CT molecular complexity index is 929. The highest BCUT2D eigenvalue weighted by atomic mass is 32.2. The number of amides is 2. The van der Waals surface area contributed by atoms with Crippen molar-refractivity contribution in [3.8, 4) is 11.5 Å². The van der Waals surface area contributed by atoms with Crippen molar-refractivity contribution >= 4 is 40.1 Å². The van der Waals surface area contributed by atoms with Gasteiger partial charge in [0.1, 0.15) is 16.7 Å². The summed E-state index contributed by atoms with van der Waals surface area (Å²) < 4.78 is 10.8. The Morgan fingerprint density at radius 1 is 1.10 bits per heavy atom. The molecule has 0 radical (unpaired) electrons. The monoisotopic (exact) mass is 441 g/mol. The number of methoxy groups -OCH3 is 1. The molecule has 1 atom stereocenters. The normalized spacial score (nSPS) is 16.5. The van der Waals surface area contributed by atoms with E-state index in [1.54, 1.807) is 31.4 Å². The molecular weight excluding hydrogens is 414 g/mol. The number of imide groups is 1. The topological polar surface area (TPSA) is 80.2 Å². The van der Waals surface area contributed by atoms with Crippen LogP contribution in [-0.4, -0.2) is 42.5 Å². The summed E-state index contributed by atoms with van der Waals surface area (Å²) in [5.74, 6) is 1.02. The molecular formula is C23H27N3O4S. The van der Waals surface area contributed by atoms with Crippen LogP contribution in [0.1, 0.15) is 26.7 Å².